The van der Waals surface area contributed by atoms with Gasteiger partial charge in [-0.15, -0.1) is 0 Å². The number of hydrogen-bond donors (Lipinski definition) is 0. The number of hydrogen-bond acceptors (Lipinski definition) is 5. The van der Waals surface area contributed by atoms with Crippen LogP contribution in [0.2, 0.25) is 0 Å². The number of para-hydroxylation sites is 1. The molecule has 5 rings (SSSR count). The van der Waals surface area contributed by atoms with Gasteiger partial charge < -0.3 is 4.74 Å². The molecule has 0 spiro atoms. The molecule has 0 bridgehead atoms. The van der Waals surface area contributed by atoms with Crippen molar-refractivity contribution < 1.29 is 19.1 Å². The van der Waals surface area contributed by atoms with Gasteiger partial charge in [-0.05, 0) is 36.2 Å². The minimum Gasteiger partial charge on any atom is -0.405 e. The van der Waals surface area contributed by atoms with Crippen molar-refractivity contribution in [2.45, 2.75) is 24.8 Å². The lowest BCUT2D eigenvalue weighted by atomic mass is 9.82. The molecule has 0 unspecified atom stereocenters. The Morgan fingerprint density at radius 2 is 1.45 bits per heavy atom. The SMILES string of the molecule is O=C1C[C@@H](C[C@]2(Cc3ccccc3)N=C(c3ccccc3)OC2=O)C(=O)N1c1ccccc1. The number of carbonyl (C=O) groups excluding carboxylic acids is 3. The summed E-state index contributed by atoms with van der Waals surface area (Å²) in [6.45, 7) is 0. The second kappa shape index (κ2) is 8.47. The summed E-state index contributed by atoms with van der Waals surface area (Å²) in [7, 11) is 0. The van der Waals surface area contributed by atoms with E-state index in [1.807, 2.05) is 66.7 Å². The minimum atomic E-state index is -1.28. The van der Waals surface area contributed by atoms with Gasteiger partial charge in [-0.3, -0.25) is 14.5 Å². The lowest BCUT2D eigenvalue weighted by Crippen LogP contribution is -2.40. The van der Waals surface area contributed by atoms with Crippen LogP contribution in [0.15, 0.2) is 96.0 Å². The van der Waals surface area contributed by atoms with Crippen molar-refractivity contribution in [3.05, 3.63) is 102 Å². The number of anilines is 1. The number of cyclic esters (lactones) is 1. The summed E-state index contributed by atoms with van der Waals surface area (Å²) < 4.78 is 5.62. The van der Waals surface area contributed by atoms with Crippen LogP contribution in [0.5, 0.6) is 0 Å². The van der Waals surface area contributed by atoms with E-state index in [9.17, 15) is 14.4 Å². The van der Waals surface area contributed by atoms with Crippen molar-refractivity contribution in [3.63, 3.8) is 0 Å². The molecule has 164 valence electrons. The number of benzene rings is 3. The Bertz CT molecular complexity index is 1220. The Morgan fingerprint density at radius 3 is 2.12 bits per heavy atom. The zero-order valence-electron chi connectivity index (χ0n) is 17.9. The van der Waals surface area contributed by atoms with E-state index in [0.717, 1.165) is 5.56 Å². The molecule has 6 heteroatoms. The van der Waals surface area contributed by atoms with Crippen LogP contribution in [0.4, 0.5) is 5.69 Å². The van der Waals surface area contributed by atoms with Crippen LogP contribution in [-0.2, 0) is 25.5 Å². The molecule has 2 heterocycles. The van der Waals surface area contributed by atoms with Crippen LogP contribution in [-0.4, -0.2) is 29.2 Å². The predicted molar refractivity (Wildman–Crippen MR) is 124 cm³/mol. The normalized spacial score (nSPS) is 22.4. The van der Waals surface area contributed by atoms with E-state index in [-0.39, 0.29) is 37.0 Å². The fourth-order valence-corrected chi connectivity index (χ4v) is 4.51. The van der Waals surface area contributed by atoms with E-state index < -0.39 is 17.4 Å². The van der Waals surface area contributed by atoms with Crippen LogP contribution >= 0.6 is 0 Å². The van der Waals surface area contributed by atoms with Crippen molar-refractivity contribution >= 4 is 29.4 Å². The first-order valence-electron chi connectivity index (χ1n) is 10.9. The van der Waals surface area contributed by atoms with Crippen LogP contribution in [0.25, 0.3) is 0 Å². The highest BCUT2D eigenvalue weighted by molar-refractivity contribution is 6.21. The fraction of sp³-hybridized carbons (Fsp3) is 0.185. The summed E-state index contributed by atoms with van der Waals surface area (Å²) >= 11 is 0. The topological polar surface area (TPSA) is 76.0 Å². The summed E-state index contributed by atoms with van der Waals surface area (Å²) in [4.78, 5) is 45.2. The van der Waals surface area contributed by atoms with Crippen molar-refractivity contribution in [2.75, 3.05) is 4.90 Å². The number of nitrogens with zero attached hydrogens (tertiary/aromatic N) is 2. The smallest absolute Gasteiger partial charge is 0.341 e. The minimum absolute atomic E-state index is 0.0355. The highest BCUT2D eigenvalue weighted by Gasteiger charge is 2.52. The van der Waals surface area contributed by atoms with Crippen molar-refractivity contribution in [1.29, 1.82) is 0 Å². The van der Waals surface area contributed by atoms with Gasteiger partial charge in [0.05, 0.1) is 11.6 Å². The van der Waals surface area contributed by atoms with E-state index in [1.54, 1.807) is 24.3 Å². The van der Waals surface area contributed by atoms with Crippen LogP contribution < -0.4 is 4.90 Å². The number of rotatable bonds is 6. The fourth-order valence-electron chi connectivity index (χ4n) is 4.51. The van der Waals surface area contributed by atoms with E-state index in [2.05, 4.69) is 0 Å². The molecular formula is C27H22N2O4. The number of imide groups is 1. The van der Waals surface area contributed by atoms with E-state index in [1.165, 1.54) is 4.90 Å². The molecular weight excluding hydrogens is 416 g/mol. The highest BCUT2D eigenvalue weighted by Crippen LogP contribution is 2.38. The van der Waals surface area contributed by atoms with Gasteiger partial charge in [-0.25, -0.2) is 9.79 Å². The molecule has 0 saturated carbocycles. The lowest BCUT2D eigenvalue weighted by Gasteiger charge is -2.24. The van der Waals surface area contributed by atoms with Crippen molar-refractivity contribution in [1.82, 2.24) is 0 Å². The second-order valence-corrected chi connectivity index (χ2v) is 8.37. The third-order valence-electron chi connectivity index (χ3n) is 6.08. The zero-order chi connectivity index (χ0) is 22.8. The first kappa shape index (κ1) is 20.8. The largest absolute Gasteiger partial charge is 0.405 e. The summed E-state index contributed by atoms with van der Waals surface area (Å²) in [6, 6.07) is 27.6. The Hall–Kier alpha value is -4.06. The quantitative estimate of drug-likeness (QED) is 0.432. The number of aliphatic imine (C=N–C) groups is 1. The summed E-state index contributed by atoms with van der Waals surface area (Å²) in [5.74, 6) is -1.50. The Labute approximate surface area is 191 Å². The van der Waals surface area contributed by atoms with Crippen LogP contribution in [0.3, 0.4) is 0 Å². The number of amides is 2. The van der Waals surface area contributed by atoms with Crippen LogP contribution in [0.1, 0.15) is 24.0 Å². The third-order valence-corrected chi connectivity index (χ3v) is 6.08. The Kier molecular flexibility index (Phi) is 5.34. The Balaban J connectivity index is 1.49. The molecule has 0 N–H and O–H groups in total. The van der Waals surface area contributed by atoms with Gasteiger partial charge in [-0.1, -0.05) is 66.7 Å². The number of carbonyl (C=O) groups is 3. The molecule has 1 saturated heterocycles. The first-order valence-corrected chi connectivity index (χ1v) is 10.9. The van der Waals surface area contributed by atoms with Gasteiger partial charge in [0, 0.05) is 18.4 Å². The van der Waals surface area contributed by atoms with Crippen molar-refractivity contribution in [3.8, 4) is 0 Å². The Morgan fingerprint density at radius 1 is 0.848 bits per heavy atom. The zero-order valence-corrected chi connectivity index (χ0v) is 17.9. The van der Waals surface area contributed by atoms with Gasteiger partial charge in [0.1, 0.15) is 0 Å². The molecule has 2 atom stereocenters. The number of esters is 1. The molecule has 0 radical (unpaired) electrons. The maximum atomic E-state index is 13.3. The molecule has 6 nitrogen and oxygen atoms in total. The molecule has 1 fully saturated rings. The van der Waals surface area contributed by atoms with Gasteiger partial charge in [0.2, 0.25) is 17.7 Å². The molecule has 0 aliphatic carbocycles. The molecule has 33 heavy (non-hydrogen) atoms. The van der Waals surface area contributed by atoms with Crippen LogP contribution in [0, 0.1) is 5.92 Å². The lowest BCUT2D eigenvalue weighted by molar-refractivity contribution is -0.140. The molecule has 2 aliphatic rings. The van der Waals surface area contributed by atoms with E-state index in [0.29, 0.717) is 11.3 Å². The molecule has 2 aliphatic heterocycles. The highest BCUT2D eigenvalue weighted by atomic mass is 16.6. The first-order chi connectivity index (χ1) is 16.1. The third kappa shape index (κ3) is 3.96. The maximum absolute atomic E-state index is 13.3. The molecule has 0 aromatic heterocycles. The number of ether oxygens (including phenoxy) is 1. The average Bonchev–Trinajstić information content (AvgIpc) is 3.30. The predicted octanol–water partition coefficient (Wildman–Crippen LogP) is 3.94. The maximum Gasteiger partial charge on any atom is 0.341 e. The molecule has 3 aromatic carbocycles. The van der Waals surface area contributed by atoms with Crippen molar-refractivity contribution in [2.24, 2.45) is 10.9 Å². The van der Waals surface area contributed by atoms with Gasteiger partial charge in [0.15, 0.2) is 5.54 Å². The second-order valence-electron chi connectivity index (χ2n) is 8.37. The monoisotopic (exact) mass is 438 g/mol. The van der Waals surface area contributed by atoms with E-state index in [4.69, 9.17) is 9.73 Å². The molecule has 2 amide bonds. The summed E-state index contributed by atoms with van der Waals surface area (Å²) in [5.41, 5.74) is 0.860. The van der Waals surface area contributed by atoms with Gasteiger partial charge in [-0.2, -0.15) is 0 Å². The average molecular weight is 438 g/mol. The van der Waals surface area contributed by atoms with E-state index >= 15 is 0 Å². The van der Waals surface area contributed by atoms with Gasteiger partial charge >= 0.3 is 5.97 Å². The summed E-state index contributed by atoms with van der Waals surface area (Å²) in [5, 5.41) is 0. The standard InChI is InChI=1S/C27H22N2O4/c30-23-16-21(25(31)29(23)22-14-8-3-9-15-22)18-27(17-19-10-4-1-5-11-19)26(32)33-24(28-27)20-12-6-2-7-13-20/h1-15,21H,16-18H2/t21-,27-/m0/s1. The van der Waals surface area contributed by atoms with Gasteiger partial charge in [0.25, 0.3) is 0 Å². The molecule has 3 aromatic rings. The summed E-state index contributed by atoms with van der Waals surface area (Å²) in [6.07, 6.45) is 0.422.